The highest BCUT2D eigenvalue weighted by atomic mass is 28.4. The highest BCUT2D eigenvalue weighted by molar-refractivity contribution is 6.72. The van der Waals surface area contributed by atoms with E-state index in [0.717, 1.165) is 12.8 Å². The summed E-state index contributed by atoms with van der Waals surface area (Å²) in [6.07, 6.45) is 1.98. The van der Waals surface area contributed by atoms with Gasteiger partial charge in [0.15, 0.2) is 8.32 Å². The van der Waals surface area contributed by atoms with Crippen LogP contribution in [0.25, 0.3) is 0 Å². The van der Waals surface area contributed by atoms with Gasteiger partial charge in [0, 0.05) is 0 Å². The van der Waals surface area contributed by atoms with Gasteiger partial charge in [-0.15, -0.1) is 0 Å². The van der Waals surface area contributed by atoms with Crippen LogP contribution in [0.3, 0.4) is 0 Å². The minimum Gasteiger partial charge on any atom is -0.432 e. The molecule has 0 radical (unpaired) electrons. The molecule has 0 aliphatic heterocycles. The van der Waals surface area contributed by atoms with Crippen molar-refractivity contribution in [3.63, 3.8) is 0 Å². The average Bonchev–Trinajstić information content (AvgIpc) is 1.84. The Balaban J connectivity index is 4.33. The molecule has 0 spiro atoms. The lowest BCUT2D eigenvalue weighted by molar-refractivity contribution is 0.465. The van der Waals surface area contributed by atoms with Crippen LogP contribution >= 0.6 is 0 Å². The summed E-state index contributed by atoms with van der Waals surface area (Å²) in [6.45, 7) is 14.4. The van der Waals surface area contributed by atoms with Crippen LogP contribution in [0, 0.1) is 0 Å². The second-order valence-electron chi connectivity index (χ2n) is 4.72. The average molecular weight is 186 g/mol. The van der Waals surface area contributed by atoms with Gasteiger partial charge in [-0.2, -0.15) is 0 Å². The Morgan fingerprint density at radius 1 is 1.42 bits per heavy atom. The lowest BCUT2D eigenvalue weighted by Gasteiger charge is -2.35. The molecule has 72 valence electrons. The number of allylic oxidation sites excluding steroid dienone is 1. The Kier molecular flexibility index (Phi) is 3.73. The fraction of sp³-hybridized carbons (Fsp3) is 0.800. The summed E-state index contributed by atoms with van der Waals surface area (Å²) in [5.41, 5.74) is 1.25. The number of hydrogen-bond donors (Lipinski definition) is 1. The fourth-order valence-electron chi connectivity index (χ4n) is 0.966. The first-order valence-corrected chi connectivity index (χ1v) is 7.54. The van der Waals surface area contributed by atoms with Crippen molar-refractivity contribution in [2.24, 2.45) is 0 Å². The topological polar surface area (TPSA) is 20.2 Å². The molecule has 0 saturated carbocycles. The van der Waals surface area contributed by atoms with E-state index in [2.05, 4.69) is 27.4 Å². The second-order valence-corrected chi connectivity index (χ2v) is 9.19. The first-order valence-electron chi connectivity index (χ1n) is 4.59. The molecule has 2 heteroatoms. The number of hydrogen-bond acceptors (Lipinski definition) is 1. The molecule has 0 aliphatic rings. The van der Waals surface area contributed by atoms with Crippen LogP contribution in [-0.4, -0.2) is 13.1 Å². The van der Waals surface area contributed by atoms with Crippen molar-refractivity contribution in [3.8, 4) is 0 Å². The zero-order chi connectivity index (χ0) is 9.99. The molecule has 0 aromatic rings. The molecule has 0 atom stereocenters. The van der Waals surface area contributed by atoms with Gasteiger partial charge >= 0.3 is 0 Å². The van der Waals surface area contributed by atoms with Crippen molar-refractivity contribution in [1.82, 2.24) is 0 Å². The fourth-order valence-corrected chi connectivity index (χ4v) is 1.65. The molecule has 0 fully saturated rings. The van der Waals surface area contributed by atoms with Gasteiger partial charge in [-0.05, 0) is 31.0 Å². The second kappa shape index (κ2) is 3.75. The molecule has 0 aromatic carbocycles. The van der Waals surface area contributed by atoms with E-state index in [4.69, 9.17) is 0 Å². The molecule has 1 N–H and O–H groups in total. The lowest BCUT2D eigenvalue weighted by Crippen LogP contribution is -2.39. The molecular formula is C10H22OSi. The predicted molar refractivity (Wildman–Crippen MR) is 57.8 cm³/mol. The van der Waals surface area contributed by atoms with Crippen LogP contribution in [-0.2, 0) is 0 Å². The molecule has 12 heavy (non-hydrogen) atoms. The third-order valence-electron chi connectivity index (χ3n) is 2.85. The summed E-state index contributed by atoms with van der Waals surface area (Å²) in [4.78, 5) is 9.99. The molecule has 0 saturated heterocycles. The van der Waals surface area contributed by atoms with Gasteiger partial charge < -0.3 is 4.80 Å². The van der Waals surface area contributed by atoms with E-state index in [9.17, 15) is 4.80 Å². The minimum absolute atomic E-state index is 0.0556. The SMILES string of the molecule is C=C(CC)CC(C)(C)[Si](C)(C)O. The Hall–Kier alpha value is -0.0831. The summed E-state index contributed by atoms with van der Waals surface area (Å²) in [6, 6.07) is 0. The van der Waals surface area contributed by atoms with Crippen molar-refractivity contribution < 1.29 is 4.80 Å². The first kappa shape index (κ1) is 11.9. The third kappa shape index (κ3) is 3.11. The Bertz CT molecular complexity index is 165. The molecule has 0 aromatic heterocycles. The molecule has 0 aliphatic carbocycles. The molecular weight excluding hydrogens is 164 g/mol. The largest absolute Gasteiger partial charge is 0.432 e. The zero-order valence-electron chi connectivity index (χ0n) is 9.07. The molecule has 0 rings (SSSR count). The Morgan fingerprint density at radius 3 is 2.08 bits per heavy atom. The van der Waals surface area contributed by atoms with Gasteiger partial charge in [-0.1, -0.05) is 32.9 Å². The molecule has 1 nitrogen and oxygen atoms in total. The van der Waals surface area contributed by atoms with E-state index >= 15 is 0 Å². The van der Waals surface area contributed by atoms with E-state index in [1.165, 1.54) is 5.57 Å². The summed E-state index contributed by atoms with van der Waals surface area (Å²) in [5, 5.41) is 0.0556. The zero-order valence-corrected chi connectivity index (χ0v) is 10.1. The summed E-state index contributed by atoms with van der Waals surface area (Å²) < 4.78 is 0. The maximum absolute atomic E-state index is 9.99. The van der Waals surface area contributed by atoms with Crippen LogP contribution in [0.15, 0.2) is 12.2 Å². The van der Waals surface area contributed by atoms with Gasteiger partial charge in [0.2, 0.25) is 0 Å². The van der Waals surface area contributed by atoms with Crippen LogP contribution in [0.5, 0.6) is 0 Å². The standard InChI is InChI=1S/C10H22OSi/c1-7-9(2)8-10(3,4)12(5,6)11/h11H,2,7-8H2,1,3-6H3. The number of rotatable bonds is 4. The monoisotopic (exact) mass is 186 g/mol. The van der Waals surface area contributed by atoms with Gasteiger partial charge in [0.05, 0.1) is 0 Å². The van der Waals surface area contributed by atoms with Crippen molar-refractivity contribution in [3.05, 3.63) is 12.2 Å². The highest BCUT2D eigenvalue weighted by Gasteiger charge is 2.37. The van der Waals surface area contributed by atoms with E-state index in [1.54, 1.807) is 0 Å². The van der Waals surface area contributed by atoms with Gasteiger partial charge in [0.25, 0.3) is 0 Å². The Morgan fingerprint density at radius 2 is 1.83 bits per heavy atom. The normalized spacial score (nSPS) is 13.2. The smallest absolute Gasteiger partial charge is 0.188 e. The molecule has 0 unspecified atom stereocenters. The highest BCUT2D eigenvalue weighted by Crippen LogP contribution is 2.41. The summed E-state index contributed by atoms with van der Waals surface area (Å²) in [7, 11) is -2.02. The van der Waals surface area contributed by atoms with Crippen LogP contribution in [0.2, 0.25) is 18.1 Å². The van der Waals surface area contributed by atoms with Gasteiger partial charge in [-0.25, -0.2) is 0 Å². The maximum atomic E-state index is 9.99. The maximum Gasteiger partial charge on any atom is 0.188 e. The van der Waals surface area contributed by atoms with Crippen molar-refractivity contribution in [2.45, 2.75) is 51.7 Å². The Labute approximate surface area is 77.6 Å². The quantitative estimate of drug-likeness (QED) is 0.527. The summed E-state index contributed by atoms with van der Waals surface area (Å²) >= 11 is 0. The van der Waals surface area contributed by atoms with E-state index in [-0.39, 0.29) is 5.04 Å². The predicted octanol–water partition coefficient (Wildman–Crippen LogP) is 3.32. The van der Waals surface area contributed by atoms with Crippen LogP contribution in [0.1, 0.15) is 33.6 Å². The van der Waals surface area contributed by atoms with E-state index in [0.29, 0.717) is 0 Å². The third-order valence-corrected chi connectivity index (χ3v) is 6.34. The first-order chi connectivity index (χ1) is 5.20. The van der Waals surface area contributed by atoms with E-state index in [1.807, 2.05) is 13.1 Å². The van der Waals surface area contributed by atoms with Crippen LogP contribution < -0.4 is 0 Å². The van der Waals surface area contributed by atoms with Crippen molar-refractivity contribution in [2.75, 3.05) is 0 Å². The van der Waals surface area contributed by atoms with Crippen molar-refractivity contribution in [1.29, 1.82) is 0 Å². The molecule has 0 heterocycles. The van der Waals surface area contributed by atoms with Gasteiger partial charge in [0.1, 0.15) is 0 Å². The van der Waals surface area contributed by atoms with E-state index < -0.39 is 8.32 Å². The minimum atomic E-state index is -2.02. The van der Waals surface area contributed by atoms with Crippen LogP contribution in [0.4, 0.5) is 0 Å². The molecule has 0 bridgehead atoms. The lowest BCUT2D eigenvalue weighted by atomic mass is 10.0. The molecule has 0 amide bonds. The summed E-state index contributed by atoms with van der Waals surface area (Å²) in [5.74, 6) is 0. The van der Waals surface area contributed by atoms with Crippen molar-refractivity contribution >= 4 is 8.32 Å². The van der Waals surface area contributed by atoms with Gasteiger partial charge in [-0.3, -0.25) is 0 Å².